The summed E-state index contributed by atoms with van der Waals surface area (Å²) in [5.74, 6) is 0.496. The minimum absolute atomic E-state index is 0.285. The molecule has 0 aliphatic heterocycles. The molecule has 1 aliphatic rings. The second kappa shape index (κ2) is 7.24. The van der Waals surface area contributed by atoms with Gasteiger partial charge in [0.15, 0.2) is 0 Å². The molecular formula is C14H20O. The molecule has 1 aliphatic carbocycles. The van der Waals surface area contributed by atoms with Crippen molar-refractivity contribution < 1.29 is 5.11 Å². The number of aliphatic hydroxyl groups excluding tert-OH is 1. The minimum atomic E-state index is 0.285. The topological polar surface area (TPSA) is 20.2 Å². The summed E-state index contributed by atoms with van der Waals surface area (Å²) in [6.07, 6.45) is 17.9. The average molecular weight is 204 g/mol. The van der Waals surface area contributed by atoms with Crippen molar-refractivity contribution in [2.75, 3.05) is 6.61 Å². The Morgan fingerprint density at radius 3 is 3.07 bits per heavy atom. The number of hydrogen-bond acceptors (Lipinski definition) is 1. The van der Waals surface area contributed by atoms with Crippen LogP contribution >= 0.6 is 0 Å². The molecule has 0 bridgehead atoms. The summed E-state index contributed by atoms with van der Waals surface area (Å²) in [5, 5.41) is 8.65. The van der Waals surface area contributed by atoms with Gasteiger partial charge < -0.3 is 5.11 Å². The zero-order chi connectivity index (χ0) is 10.9. The van der Waals surface area contributed by atoms with Gasteiger partial charge in [-0.2, -0.15) is 0 Å². The van der Waals surface area contributed by atoms with Gasteiger partial charge in [-0.25, -0.2) is 0 Å². The summed E-state index contributed by atoms with van der Waals surface area (Å²) in [5.41, 5.74) is 1.44. The Labute approximate surface area is 92.5 Å². The summed E-state index contributed by atoms with van der Waals surface area (Å²) in [6.45, 7) is 2.50. The lowest BCUT2D eigenvalue weighted by Crippen LogP contribution is -1.94. The van der Waals surface area contributed by atoms with Crippen LogP contribution in [0.15, 0.2) is 48.1 Å². The van der Waals surface area contributed by atoms with E-state index in [1.807, 2.05) is 0 Å². The second-order valence-electron chi connectivity index (χ2n) is 3.84. The quantitative estimate of drug-likeness (QED) is 0.537. The van der Waals surface area contributed by atoms with Crippen molar-refractivity contribution in [2.45, 2.75) is 26.2 Å². The fraction of sp³-hybridized carbons (Fsp3) is 0.429. The fourth-order valence-corrected chi connectivity index (χ4v) is 1.56. The van der Waals surface area contributed by atoms with E-state index in [-0.39, 0.29) is 6.61 Å². The van der Waals surface area contributed by atoms with E-state index in [0.717, 1.165) is 19.3 Å². The minimum Gasteiger partial charge on any atom is -0.396 e. The van der Waals surface area contributed by atoms with Crippen molar-refractivity contribution >= 4 is 0 Å². The lowest BCUT2D eigenvalue weighted by atomic mass is 9.97. The highest BCUT2D eigenvalue weighted by Gasteiger charge is 2.03. The van der Waals surface area contributed by atoms with Crippen LogP contribution in [0.3, 0.4) is 0 Å². The first kappa shape index (κ1) is 12.0. The fourth-order valence-electron chi connectivity index (χ4n) is 1.56. The summed E-state index contributed by atoms with van der Waals surface area (Å²) in [6, 6.07) is 0. The van der Waals surface area contributed by atoms with E-state index in [0.29, 0.717) is 5.92 Å². The number of allylic oxidation sites excluding steroid dienone is 8. The standard InChI is InChI=1S/C14H20O/c1-13(9-5-4-8-12-15)14-10-6-2-3-7-11-14/h2-3,5-7,9-10,13,15H,4,8,11-12H2,1H3. The molecule has 0 saturated carbocycles. The van der Waals surface area contributed by atoms with E-state index < -0.39 is 0 Å². The van der Waals surface area contributed by atoms with Gasteiger partial charge in [0, 0.05) is 6.61 Å². The largest absolute Gasteiger partial charge is 0.396 e. The molecule has 1 heteroatoms. The molecule has 0 spiro atoms. The first-order valence-electron chi connectivity index (χ1n) is 5.64. The molecule has 1 N–H and O–H groups in total. The molecular weight excluding hydrogens is 184 g/mol. The molecule has 0 amide bonds. The molecule has 0 radical (unpaired) electrons. The van der Waals surface area contributed by atoms with Crippen molar-refractivity contribution in [2.24, 2.45) is 5.92 Å². The van der Waals surface area contributed by atoms with Gasteiger partial charge >= 0.3 is 0 Å². The maximum absolute atomic E-state index is 8.65. The SMILES string of the molecule is CC(C=CCCCO)C1=CC=CC=CC1. The molecule has 0 aromatic carbocycles. The van der Waals surface area contributed by atoms with E-state index in [4.69, 9.17) is 5.11 Å². The third-order valence-electron chi connectivity index (χ3n) is 2.56. The van der Waals surface area contributed by atoms with Crippen molar-refractivity contribution in [3.05, 3.63) is 48.1 Å². The smallest absolute Gasteiger partial charge is 0.0433 e. The Balaban J connectivity index is 2.42. The van der Waals surface area contributed by atoms with Crippen LogP contribution in [-0.2, 0) is 0 Å². The Bertz CT molecular complexity index is 282. The van der Waals surface area contributed by atoms with Gasteiger partial charge in [0.05, 0.1) is 0 Å². The van der Waals surface area contributed by atoms with E-state index in [1.54, 1.807) is 0 Å². The summed E-state index contributed by atoms with van der Waals surface area (Å²) in [7, 11) is 0. The third kappa shape index (κ3) is 4.80. The number of rotatable bonds is 5. The molecule has 1 nitrogen and oxygen atoms in total. The van der Waals surface area contributed by atoms with Gasteiger partial charge in [0.1, 0.15) is 0 Å². The van der Waals surface area contributed by atoms with Gasteiger partial charge in [-0.1, -0.05) is 55.0 Å². The van der Waals surface area contributed by atoms with E-state index >= 15 is 0 Å². The average Bonchev–Trinajstić information content (AvgIpc) is 2.52. The summed E-state index contributed by atoms with van der Waals surface area (Å²) >= 11 is 0. The molecule has 1 atom stereocenters. The second-order valence-corrected chi connectivity index (χ2v) is 3.84. The van der Waals surface area contributed by atoms with Crippen LogP contribution < -0.4 is 0 Å². The first-order valence-corrected chi connectivity index (χ1v) is 5.64. The monoisotopic (exact) mass is 204 g/mol. The predicted molar refractivity (Wildman–Crippen MR) is 65.6 cm³/mol. The molecule has 15 heavy (non-hydrogen) atoms. The normalized spacial score (nSPS) is 17.9. The highest BCUT2D eigenvalue weighted by molar-refractivity contribution is 5.26. The first-order chi connectivity index (χ1) is 7.34. The maximum atomic E-state index is 8.65. The van der Waals surface area contributed by atoms with Crippen molar-refractivity contribution in [3.63, 3.8) is 0 Å². The van der Waals surface area contributed by atoms with Crippen LogP contribution in [0, 0.1) is 5.92 Å². The van der Waals surface area contributed by atoms with Crippen molar-refractivity contribution in [3.8, 4) is 0 Å². The maximum Gasteiger partial charge on any atom is 0.0433 e. The van der Waals surface area contributed by atoms with Crippen LogP contribution in [0.1, 0.15) is 26.2 Å². The highest BCUT2D eigenvalue weighted by atomic mass is 16.2. The Hall–Kier alpha value is -1.08. The van der Waals surface area contributed by atoms with E-state index in [2.05, 4.69) is 49.5 Å². The molecule has 0 aromatic rings. The van der Waals surface area contributed by atoms with Crippen molar-refractivity contribution in [1.82, 2.24) is 0 Å². The Morgan fingerprint density at radius 1 is 1.40 bits per heavy atom. The lowest BCUT2D eigenvalue weighted by molar-refractivity contribution is 0.289. The van der Waals surface area contributed by atoms with Gasteiger partial charge in [-0.15, -0.1) is 0 Å². The molecule has 0 heterocycles. The van der Waals surface area contributed by atoms with Crippen LogP contribution in [0.4, 0.5) is 0 Å². The zero-order valence-corrected chi connectivity index (χ0v) is 9.39. The summed E-state index contributed by atoms with van der Waals surface area (Å²) < 4.78 is 0. The molecule has 1 rings (SSSR count). The van der Waals surface area contributed by atoms with Crippen LogP contribution in [0.5, 0.6) is 0 Å². The van der Waals surface area contributed by atoms with Crippen LogP contribution in [0.25, 0.3) is 0 Å². The highest BCUT2D eigenvalue weighted by Crippen LogP contribution is 2.18. The van der Waals surface area contributed by atoms with Crippen LogP contribution in [0.2, 0.25) is 0 Å². The lowest BCUT2D eigenvalue weighted by Gasteiger charge is -2.09. The molecule has 82 valence electrons. The van der Waals surface area contributed by atoms with Gasteiger partial charge in [0.25, 0.3) is 0 Å². The Kier molecular flexibility index (Phi) is 5.79. The van der Waals surface area contributed by atoms with Crippen molar-refractivity contribution in [1.29, 1.82) is 0 Å². The summed E-state index contributed by atoms with van der Waals surface area (Å²) in [4.78, 5) is 0. The van der Waals surface area contributed by atoms with E-state index in [9.17, 15) is 0 Å². The zero-order valence-electron chi connectivity index (χ0n) is 9.39. The molecule has 0 aromatic heterocycles. The molecule has 0 fully saturated rings. The van der Waals surface area contributed by atoms with Gasteiger partial charge in [-0.3, -0.25) is 0 Å². The number of aliphatic hydroxyl groups is 1. The molecule has 0 saturated heterocycles. The number of hydrogen-bond donors (Lipinski definition) is 1. The Morgan fingerprint density at radius 2 is 2.27 bits per heavy atom. The van der Waals surface area contributed by atoms with Crippen LogP contribution in [-0.4, -0.2) is 11.7 Å². The predicted octanol–water partition coefficient (Wildman–Crippen LogP) is 3.39. The third-order valence-corrected chi connectivity index (χ3v) is 2.56. The van der Waals surface area contributed by atoms with E-state index in [1.165, 1.54) is 5.57 Å². The molecule has 1 unspecified atom stereocenters. The van der Waals surface area contributed by atoms with Gasteiger partial charge in [-0.05, 0) is 25.2 Å². The number of unbranched alkanes of at least 4 members (excludes halogenated alkanes) is 1. The van der Waals surface area contributed by atoms with Gasteiger partial charge in [0.2, 0.25) is 0 Å².